The summed E-state index contributed by atoms with van der Waals surface area (Å²) in [5.74, 6) is -0.0926. The molecule has 0 aliphatic rings. The maximum Gasteiger partial charge on any atom is 0.221 e. The third-order valence-electron chi connectivity index (χ3n) is 3.61. The molecule has 0 unspecified atom stereocenters. The second kappa shape index (κ2) is 5.60. The van der Waals surface area contributed by atoms with Gasteiger partial charge in [-0.15, -0.1) is 10.2 Å². The highest BCUT2D eigenvalue weighted by atomic mass is 16.1. The number of nitrogens with one attached hydrogen (secondary N) is 1. The molecule has 0 bridgehead atoms. The van der Waals surface area contributed by atoms with Crippen molar-refractivity contribution in [2.45, 2.75) is 27.2 Å². The van der Waals surface area contributed by atoms with E-state index in [1.54, 1.807) is 4.80 Å². The summed E-state index contributed by atoms with van der Waals surface area (Å²) in [6.07, 6.45) is 1.01. The Hall–Kier alpha value is -2.69. The summed E-state index contributed by atoms with van der Waals surface area (Å²) in [5.41, 5.74) is 5.51. The number of aryl methyl sites for hydroxylation is 2. The van der Waals surface area contributed by atoms with Crippen molar-refractivity contribution < 1.29 is 4.79 Å². The largest absolute Gasteiger partial charge is 0.326 e. The normalized spacial score (nSPS) is 10.9. The van der Waals surface area contributed by atoms with Crippen LogP contribution in [0.3, 0.4) is 0 Å². The number of carbonyl (C=O) groups is 1. The van der Waals surface area contributed by atoms with E-state index < -0.39 is 0 Å². The molecule has 0 saturated carbocycles. The van der Waals surface area contributed by atoms with E-state index >= 15 is 0 Å². The highest BCUT2D eigenvalue weighted by Crippen LogP contribution is 2.22. The van der Waals surface area contributed by atoms with Crippen LogP contribution in [0.4, 0.5) is 5.69 Å². The molecule has 1 N–H and O–H groups in total. The molecule has 0 saturated heterocycles. The molecule has 5 heteroatoms. The van der Waals surface area contributed by atoms with Gasteiger partial charge in [-0.3, -0.25) is 4.79 Å². The quantitative estimate of drug-likeness (QED) is 0.806. The number of carbonyl (C=O) groups excluding carboxylic acids is 1. The fourth-order valence-electron chi connectivity index (χ4n) is 2.37. The van der Waals surface area contributed by atoms with E-state index in [-0.39, 0.29) is 5.91 Å². The predicted molar refractivity (Wildman–Crippen MR) is 87.3 cm³/mol. The molecule has 5 nitrogen and oxygen atoms in total. The zero-order valence-electron chi connectivity index (χ0n) is 12.9. The zero-order valence-corrected chi connectivity index (χ0v) is 12.9. The van der Waals surface area contributed by atoms with Crippen molar-refractivity contribution in [2.75, 3.05) is 5.32 Å². The van der Waals surface area contributed by atoms with Crippen molar-refractivity contribution in [1.82, 2.24) is 15.0 Å². The van der Waals surface area contributed by atoms with E-state index in [0.717, 1.165) is 34.4 Å². The lowest BCUT2D eigenvalue weighted by molar-refractivity contribution is -0.114. The van der Waals surface area contributed by atoms with Crippen LogP contribution in [0.1, 0.15) is 25.0 Å². The maximum atomic E-state index is 11.2. The molecule has 3 aromatic rings. The molecule has 2 aromatic carbocycles. The third kappa shape index (κ3) is 2.70. The first kappa shape index (κ1) is 14.3. The molecule has 0 aliphatic carbocycles. The van der Waals surface area contributed by atoms with E-state index in [0.29, 0.717) is 0 Å². The van der Waals surface area contributed by atoms with Crippen LogP contribution in [-0.4, -0.2) is 20.9 Å². The summed E-state index contributed by atoms with van der Waals surface area (Å²) < 4.78 is 0. The zero-order chi connectivity index (χ0) is 15.7. The predicted octanol–water partition coefficient (Wildman–Crippen LogP) is 3.25. The molecule has 22 heavy (non-hydrogen) atoms. The number of fused-ring (bicyclic) bond motifs is 1. The first-order chi connectivity index (χ1) is 10.6. The summed E-state index contributed by atoms with van der Waals surface area (Å²) in [5, 5.41) is 11.8. The molecule has 0 spiro atoms. The second-order valence-corrected chi connectivity index (χ2v) is 5.35. The van der Waals surface area contributed by atoms with E-state index in [2.05, 4.69) is 34.6 Å². The van der Waals surface area contributed by atoms with Crippen LogP contribution in [0.15, 0.2) is 36.4 Å². The van der Waals surface area contributed by atoms with Crippen LogP contribution < -0.4 is 5.32 Å². The van der Waals surface area contributed by atoms with E-state index in [1.807, 2.05) is 31.2 Å². The number of amides is 1. The van der Waals surface area contributed by atoms with Gasteiger partial charge in [0.2, 0.25) is 5.91 Å². The number of nitrogens with zero attached hydrogens (tertiary/aromatic N) is 3. The van der Waals surface area contributed by atoms with E-state index in [4.69, 9.17) is 0 Å². The average Bonchev–Trinajstić information content (AvgIpc) is 2.90. The third-order valence-corrected chi connectivity index (χ3v) is 3.61. The molecule has 0 aliphatic heterocycles. The summed E-state index contributed by atoms with van der Waals surface area (Å²) in [6.45, 7) is 5.57. The molecule has 1 heterocycles. The first-order valence-corrected chi connectivity index (χ1v) is 7.31. The second-order valence-electron chi connectivity index (χ2n) is 5.35. The van der Waals surface area contributed by atoms with Crippen molar-refractivity contribution in [3.05, 3.63) is 47.5 Å². The molecular formula is C17H18N4O. The molecular weight excluding hydrogens is 276 g/mol. The van der Waals surface area contributed by atoms with Gasteiger partial charge in [-0.25, -0.2) is 0 Å². The molecule has 112 valence electrons. The molecule has 1 aromatic heterocycles. The van der Waals surface area contributed by atoms with E-state index in [9.17, 15) is 4.79 Å². The van der Waals surface area contributed by atoms with Gasteiger partial charge in [0.05, 0.1) is 5.69 Å². The number of hydrogen-bond acceptors (Lipinski definition) is 3. The van der Waals surface area contributed by atoms with Crippen molar-refractivity contribution in [2.24, 2.45) is 0 Å². The summed E-state index contributed by atoms with van der Waals surface area (Å²) in [7, 11) is 0. The summed E-state index contributed by atoms with van der Waals surface area (Å²) >= 11 is 0. The van der Waals surface area contributed by atoms with Gasteiger partial charge in [0.25, 0.3) is 0 Å². The molecule has 1 amide bonds. The Kier molecular flexibility index (Phi) is 3.63. The van der Waals surface area contributed by atoms with Crippen LogP contribution >= 0.6 is 0 Å². The fourth-order valence-corrected chi connectivity index (χ4v) is 2.37. The van der Waals surface area contributed by atoms with E-state index in [1.165, 1.54) is 12.5 Å². The van der Waals surface area contributed by atoms with Gasteiger partial charge in [0.15, 0.2) is 0 Å². The van der Waals surface area contributed by atoms with Crippen molar-refractivity contribution in [1.29, 1.82) is 0 Å². The van der Waals surface area contributed by atoms with Gasteiger partial charge in [-0.1, -0.05) is 19.1 Å². The van der Waals surface area contributed by atoms with Gasteiger partial charge in [0.1, 0.15) is 11.0 Å². The monoisotopic (exact) mass is 294 g/mol. The molecule has 0 atom stereocenters. The Labute approximate surface area is 129 Å². The van der Waals surface area contributed by atoms with Crippen LogP contribution in [0.5, 0.6) is 0 Å². The topological polar surface area (TPSA) is 59.8 Å². The summed E-state index contributed by atoms with van der Waals surface area (Å²) in [6, 6.07) is 12.0. The summed E-state index contributed by atoms with van der Waals surface area (Å²) in [4.78, 5) is 12.9. The van der Waals surface area contributed by atoms with Crippen molar-refractivity contribution in [3.63, 3.8) is 0 Å². The minimum absolute atomic E-state index is 0.0926. The first-order valence-electron chi connectivity index (χ1n) is 7.31. The standard InChI is InChI=1S/C17H18N4O/c1-4-13-5-7-14(8-6-13)21-19-16-9-11(2)15(18-12(3)22)10-17(16)20-21/h5-10H,4H2,1-3H3,(H,18,22). The number of hydrogen-bond donors (Lipinski definition) is 1. The highest BCUT2D eigenvalue weighted by molar-refractivity contribution is 5.92. The number of aromatic nitrogens is 3. The van der Waals surface area contributed by atoms with Gasteiger partial charge in [0, 0.05) is 12.6 Å². The fraction of sp³-hybridized carbons (Fsp3) is 0.235. The average molecular weight is 294 g/mol. The minimum atomic E-state index is -0.0926. The Morgan fingerprint density at radius 2 is 1.77 bits per heavy atom. The Morgan fingerprint density at radius 3 is 2.36 bits per heavy atom. The van der Waals surface area contributed by atoms with Crippen LogP contribution in [0.2, 0.25) is 0 Å². The Morgan fingerprint density at radius 1 is 1.14 bits per heavy atom. The van der Waals surface area contributed by atoms with Gasteiger partial charge >= 0.3 is 0 Å². The van der Waals surface area contributed by atoms with Gasteiger partial charge in [-0.2, -0.15) is 4.80 Å². The highest BCUT2D eigenvalue weighted by Gasteiger charge is 2.09. The Bertz CT molecular complexity index is 834. The van der Waals surface area contributed by atoms with Crippen LogP contribution in [0.25, 0.3) is 16.7 Å². The van der Waals surface area contributed by atoms with Gasteiger partial charge < -0.3 is 5.32 Å². The molecule has 3 rings (SSSR count). The number of rotatable bonds is 3. The van der Waals surface area contributed by atoms with Gasteiger partial charge in [-0.05, 0) is 48.7 Å². The molecule has 0 fully saturated rings. The number of anilines is 1. The lowest BCUT2D eigenvalue weighted by Gasteiger charge is -2.04. The maximum absolute atomic E-state index is 11.2. The van der Waals surface area contributed by atoms with Crippen LogP contribution in [-0.2, 0) is 11.2 Å². The number of benzene rings is 2. The Balaban J connectivity index is 2.03. The lowest BCUT2D eigenvalue weighted by Crippen LogP contribution is -2.06. The molecule has 0 radical (unpaired) electrons. The van der Waals surface area contributed by atoms with Crippen molar-refractivity contribution in [3.8, 4) is 5.69 Å². The van der Waals surface area contributed by atoms with Crippen LogP contribution in [0, 0.1) is 6.92 Å². The van der Waals surface area contributed by atoms with Crippen molar-refractivity contribution >= 4 is 22.6 Å². The lowest BCUT2D eigenvalue weighted by atomic mass is 10.2. The minimum Gasteiger partial charge on any atom is -0.326 e. The smallest absolute Gasteiger partial charge is 0.221 e. The SMILES string of the molecule is CCc1ccc(-n2nc3cc(C)c(NC(C)=O)cc3n2)cc1.